The van der Waals surface area contributed by atoms with Crippen LogP contribution in [0.3, 0.4) is 0 Å². The highest BCUT2D eigenvalue weighted by Gasteiger charge is 2.17. The van der Waals surface area contributed by atoms with Crippen molar-refractivity contribution >= 4 is 28.3 Å². The number of H-pyrrole nitrogens is 1. The number of nitrogens with one attached hydrogen (secondary N) is 2. The average Bonchev–Trinajstić information content (AvgIpc) is 2.63. The largest absolute Gasteiger partial charge is 0.495 e. The summed E-state index contributed by atoms with van der Waals surface area (Å²) in [7, 11) is 3.31. The molecule has 18 heavy (non-hydrogen) atoms. The molecule has 2 N–H and O–H groups in total. The van der Waals surface area contributed by atoms with Crippen LogP contribution in [0.2, 0.25) is 5.02 Å². The molecule has 0 bridgehead atoms. The zero-order valence-corrected chi connectivity index (χ0v) is 11.3. The van der Waals surface area contributed by atoms with E-state index in [9.17, 15) is 4.79 Å². The Hall–Kier alpha value is -1.52. The van der Waals surface area contributed by atoms with E-state index in [-0.39, 0.29) is 5.78 Å². The van der Waals surface area contributed by atoms with Gasteiger partial charge >= 0.3 is 0 Å². The van der Waals surface area contributed by atoms with Gasteiger partial charge in [-0.15, -0.1) is 0 Å². The molecule has 0 aliphatic heterocycles. The number of carbonyl (C=O) groups is 1. The number of aryl methyl sites for hydroxylation is 1. The Bertz CT molecular complexity index is 605. The molecule has 0 radical (unpaired) electrons. The van der Waals surface area contributed by atoms with E-state index in [2.05, 4.69) is 10.3 Å². The number of aromatic nitrogens is 1. The van der Waals surface area contributed by atoms with Crippen LogP contribution in [0.5, 0.6) is 5.75 Å². The van der Waals surface area contributed by atoms with Crippen LogP contribution in [-0.4, -0.2) is 31.5 Å². The number of methoxy groups -OCH3 is 1. The van der Waals surface area contributed by atoms with Gasteiger partial charge in [0.1, 0.15) is 5.75 Å². The normalized spacial score (nSPS) is 10.9. The lowest BCUT2D eigenvalue weighted by molar-refractivity contribution is 0.0994. The highest BCUT2D eigenvalue weighted by molar-refractivity contribution is 6.33. The molecule has 2 aromatic rings. The summed E-state index contributed by atoms with van der Waals surface area (Å²) in [5, 5.41) is 4.24. The Morgan fingerprint density at radius 1 is 1.50 bits per heavy atom. The lowest BCUT2D eigenvalue weighted by Gasteiger charge is -2.04. The van der Waals surface area contributed by atoms with Gasteiger partial charge in [-0.2, -0.15) is 0 Å². The molecule has 2 rings (SSSR count). The van der Waals surface area contributed by atoms with E-state index in [1.807, 2.05) is 6.92 Å². The van der Waals surface area contributed by atoms with Gasteiger partial charge in [0.05, 0.1) is 18.7 Å². The van der Waals surface area contributed by atoms with Crippen molar-refractivity contribution in [3.63, 3.8) is 0 Å². The number of ketones is 1. The second kappa shape index (κ2) is 5.00. The Morgan fingerprint density at radius 3 is 2.83 bits per heavy atom. The van der Waals surface area contributed by atoms with Gasteiger partial charge in [0.2, 0.25) is 0 Å². The molecule has 0 fully saturated rings. The van der Waals surface area contributed by atoms with E-state index in [0.29, 0.717) is 22.9 Å². The van der Waals surface area contributed by atoms with Crippen LogP contribution in [0.1, 0.15) is 16.1 Å². The number of fused-ring (bicyclic) bond motifs is 1. The Balaban J connectivity index is 2.65. The molecule has 0 aliphatic rings. The molecule has 0 spiro atoms. The molecule has 4 nitrogen and oxygen atoms in total. The molecule has 1 heterocycles. The lowest BCUT2D eigenvalue weighted by Crippen LogP contribution is -2.18. The van der Waals surface area contributed by atoms with Crippen LogP contribution in [-0.2, 0) is 0 Å². The van der Waals surface area contributed by atoms with Gasteiger partial charge in [0, 0.05) is 22.2 Å². The van der Waals surface area contributed by atoms with Crippen LogP contribution in [0.25, 0.3) is 10.9 Å². The van der Waals surface area contributed by atoms with Gasteiger partial charge in [-0.05, 0) is 26.1 Å². The van der Waals surface area contributed by atoms with Crippen molar-refractivity contribution in [2.24, 2.45) is 0 Å². The third kappa shape index (κ3) is 2.09. The van der Waals surface area contributed by atoms with E-state index >= 15 is 0 Å². The van der Waals surface area contributed by atoms with Crippen molar-refractivity contribution in [2.75, 3.05) is 20.7 Å². The number of benzene rings is 1. The SMILES string of the molecule is CNCC(=O)c1c(C)[nH]c2cc(Cl)c(OC)cc12. The molecular formula is C13H15ClN2O2. The van der Waals surface area contributed by atoms with Gasteiger partial charge in [0.15, 0.2) is 5.78 Å². The average molecular weight is 267 g/mol. The molecule has 0 atom stereocenters. The highest BCUT2D eigenvalue weighted by Crippen LogP contribution is 2.32. The number of halogens is 1. The Kier molecular flexibility index (Phi) is 3.59. The van der Waals surface area contributed by atoms with Crippen LogP contribution in [0.4, 0.5) is 0 Å². The predicted octanol–water partition coefficient (Wildman–Crippen LogP) is 2.54. The van der Waals surface area contributed by atoms with Gasteiger partial charge in [0.25, 0.3) is 0 Å². The van der Waals surface area contributed by atoms with Gasteiger partial charge < -0.3 is 15.0 Å². The third-order valence-corrected chi connectivity index (χ3v) is 3.17. The van der Waals surface area contributed by atoms with Crippen molar-refractivity contribution in [2.45, 2.75) is 6.92 Å². The molecule has 0 saturated carbocycles. The minimum atomic E-state index is 0.0469. The Labute approximate surface area is 110 Å². The second-order valence-corrected chi connectivity index (χ2v) is 4.52. The molecule has 0 saturated heterocycles. The summed E-state index contributed by atoms with van der Waals surface area (Å²) in [5.74, 6) is 0.618. The van der Waals surface area contributed by atoms with Crippen LogP contribution in [0.15, 0.2) is 12.1 Å². The number of aromatic amines is 1. The second-order valence-electron chi connectivity index (χ2n) is 4.11. The lowest BCUT2D eigenvalue weighted by atomic mass is 10.1. The summed E-state index contributed by atoms with van der Waals surface area (Å²) in [5.41, 5.74) is 2.38. The number of likely N-dealkylation sites (N-methyl/N-ethyl adjacent to an activating group) is 1. The van der Waals surface area contributed by atoms with Crippen LogP contribution >= 0.6 is 11.6 Å². The molecule has 0 aliphatic carbocycles. The number of ether oxygens (including phenoxy) is 1. The van der Waals surface area contributed by atoms with E-state index < -0.39 is 0 Å². The van der Waals surface area contributed by atoms with E-state index in [1.54, 1.807) is 26.3 Å². The Morgan fingerprint density at radius 2 is 2.22 bits per heavy atom. The third-order valence-electron chi connectivity index (χ3n) is 2.87. The number of carbonyl (C=O) groups excluding carboxylic acids is 1. The first-order valence-corrected chi connectivity index (χ1v) is 6.00. The van der Waals surface area contributed by atoms with E-state index in [1.165, 1.54) is 0 Å². The van der Waals surface area contributed by atoms with E-state index in [0.717, 1.165) is 16.6 Å². The maximum absolute atomic E-state index is 12.1. The topological polar surface area (TPSA) is 54.1 Å². The van der Waals surface area contributed by atoms with Gasteiger partial charge in [-0.3, -0.25) is 4.79 Å². The summed E-state index contributed by atoms with van der Waals surface area (Å²) in [4.78, 5) is 15.2. The fourth-order valence-corrected chi connectivity index (χ4v) is 2.34. The van der Waals surface area contributed by atoms with Crippen molar-refractivity contribution in [3.05, 3.63) is 28.4 Å². The minimum absolute atomic E-state index is 0.0469. The highest BCUT2D eigenvalue weighted by atomic mass is 35.5. The molecule has 0 amide bonds. The smallest absolute Gasteiger partial charge is 0.179 e. The maximum Gasteiger partial charge on any atom is 0.179 e. The molecule has 1 aromatic heterocycles. The van der Waals surface area contributed by atoms with Crippen LogP contribution in [0, 0.1) is 6.92 Å². The predicted molar refractivity (Wildman–Crippen MR) is 72.9 cm³/mol. The summed E-state index contributed by atoms with van der Waals surface area (Å²) in [6.45, 7) is 2.18. The van der Waals surface area contributed by atoms with Crippen molar-refractivity contribution < 1.29 is 9.53 Å². The zero-order valence-electron chi connectivity index (χ0n) is 10.6. The molecule has 96 valence electrons. The van der Waals surface area contributed by atoms with Crippen molar-refractivity contribution in [3.8, 4) is 5.75 Å². The molecular weight excluding hydrogens is 252 g/mol. The summed E-state index contributed by atoms with van der Waals surface area (Å²) < 4.78 is 5.18. The van der Waals surface area contributed by atoms with Gasteiger partial charge in [-0.1, -0.05) is 11.6 Å². The first kappa shape index (κ1) is 12.9. The maximum atomic E-state index is 12.1. The first-order chi connectivity index (χ1) is 8.58. The minimum Gasteiger partial charge on any atom is -0.495 e. The standard InChI is InChI=1S/C13H15ClN2O2/c1-7-13(11(17)6-15-2)8-4-12(18-3)9(14)5-10(8)16-7/h4-5,15-16H,6H2,1-3H3. The molecule has 0 unspecified atom stereocenters. The van der Waals surface area contributed by atoms with Crippen molar-refractivity contribution in [1.82, 2.24) is 10.3 Å². The zero-order chi connectivity index (χ0) is 13.3. The van der Waals surface area contributed by atoms with Crippen LogP contribution < -0.4 is 10.1 Å². The van der Waals surface area contributed by atoms with Crippen molar-refractivity contribution in [1.29, 1.82) is 0 Å². The monoisotopic (exact) mass is 266 g/mol. The summed E-state index contributed by atoms with van der Waals surface area (Å²) in [6.07, 6.45) is 0. The fraction of sp³-hybridized carbons (Fsp3) is 0.308. The number of hydrogen-bond acceptors (Lipinski definition) is 3. The summed E-state index contributed by atoms with van der Waals surface area (Å²) in [6, 6.07) is 3.57. The molecule has 5 heteroatoms. The number of hydrogen-bond donors (Lipinski definition) is 2. The summed E-state index contributed by atoms with van der Waals surface area (Å²) >= 11 is 6.06. The number of Topliss-reactive ketones (excluding diaryl/α,β-unsaturated/α-hetero) is 1. The van der Waals surface area contributed by atoms with E-state index in [4.69, 9.17) is 16.3 Å². The quantitative estimate of drug-likeness (QED) is 0.836. The van der Waals surface area contributed by atoms with Gasteiger partial charge in [-0.25, -0.2) is 0 Å². The fourth-order valence-electron chi connectivity index (χ4n) is 2.09. The molecule has 1 aromatic carbocycles. The number of rotatable bonds is 4. The first-order valence-electron chi connectivity index (χ1n) is 5.62.